The highest BCUT2D eigenvalue weighted by molar-refractivity contribution is 5.94. The van der Waals surface area contributed by atoms with Gasteiger partial charge in [0.25, 0.3) is 5.91 Å². The number of carbonyl (C=O) groups excluding carboxylic acids is 1. The summed E-state index contributed by atoms with van der Waals surface area (Å²) < 4.78 is 11.1. The Morgan fingerprint density at radius 2 is 2.00 bits per heavy atom. The van der Waals surface area contributed by atoms with Crippen molar-refractivity contribution in [3.05, 3.63) is 58.6 Å². The molecule has 138 valence electrons. The van der Waals surface area contributed by atoms with Crippen LogP contribution in [0.4, 0.5) is 11.4 Å². The maximum absolute atomic E-state index is 12.3. The van der Waals surface area contributed by atoms with Gasteiger partial charge in [0, 0.05) is 17.8 Å². The lowest BCUT2D eigenvalue weighted by Gasteiger charge is -2.15. The van der Waals surface area contributed by atoms with E-state index in [4.69, 9.17) is 9.47 Å². The average molecular weight is 358 g/mol. The molecule has 2 aromatic rings. The van der Waals surface area contributed by atoms with Gasteiger partial charge in [-0.15, -0.1) is 0 Å². The highest BCUT2D eigenvalue weighted by atomic mass is 16.6. The Kier molecular flexibility index (Phi) is 6.96. The molecule has 7 heteroatoms. The molecule has 2 rings (SSSR count). The van der Waals surface area contributed by atoms with Crippen LogP contribution >= 0.6 is 0 Å². The second kappa shape index (κ2) is 9.41. The minimum Gasteiger partial charge on any atom is -0.494 e. The van der Waals surface area contributed by atoms with Gasteiger partial charge >= 0.3 is 5.69 Å². The third-order valence-corrected chi connectivity index (χ3v) is 3.60. The van der Waals surface area contributed by atoms with Crippen LogP contribution in [-0.2, 0) is 4.79 Å². The molecule has 7 nitrogen and oxygen atoms in total. The average Bonchev–Trinajstić information content (AvgIpc) is 2.62. The van der Waals surface area contributed by atoms with Crippen LogP contribution in [0.5, 0.6) is 11.5 Å². The van der Waals surface area contributed by atoms with E-state index in [0.29, 0.717) is 18.0 Å². The number of benzene rings is 2. The molecule has 0 aromatic heterocycles. The smallest absolute Gasteiger partial charge is 0.310 e. The lowest BCUT2D eigenvalue weighted by molar-refractivity contribution is -0.386. The Bertz CT molecular complexity index is 763. The maximum atomic E-state index is 12.3. The number of amides is 1. The summed E-state index contributed by atoms with van der Waals surface area (Å²) in [5.74, 6) is 0.314. The van der Waals surface area contributed by atoms with Crippen molar-refractivity contribution in [1.29, 1.82) is 0 Å². The molecule has 0 aliphatic rings. The van der Waals surface area contributed by atoms with Gasteiger partial charge in [0.2, 0.25) is 0 Å². The van der Waals surface area contributed by atoms with Gasteiger partial charge < -0.3 is 14.8 Å². The highest BCUT2D eigenvalue weighted by Crippen LogP contribution is 2.27. The van der Waals surface area contributed by atoms with Gasteiger partial charge in [-0.3, -0.25) is 14.9 Å². The summed E-state index contributed by atoms with van der Waals surface area (Å²) >= 11 is 0. The number of para-hydroxylation sites is 2. The van der Waals surface area contributed by atoms with E-state index in [1.807, 2.05) is 6.07 Å². The zero-order valence-corrected chi connectivity index (χ0v) is 14.8. The molecule has 0 saturated carbocycles. The molecule has 1 N–H and O–H groups in total. The highest BCUT2D eigenvalue weighted by Gasteiger charge is 2.20. The Hall–Kier alpha value is -3.09. The molecule has 2 aromatic carbocycles. The number of hydrogen-bond donors (Lipinski definition) is 1. The number of unbranched alkanes of at least 4 members (excludes halogenated alkanes) is 1. The summed E-state index contributed by atoms with van der Waals surface area (Å²) in [6.45, 7) is 4.23. The van der Waals surface area contributed by atoms with Crippen LogP contribution < -0.4 is 14.8 Å². The maximum Gasteiger partial charge on any atom is 0.310 e. The van der Waals surface area contributed by atoms with E-state index in [2.05, 4.69) is 12.2 Å². The first-order valence-electron chi connectivity index (χ1n) is 8.45. The second-order valence-electron chi connectivity index (χ2n) is 5.70. The Morgan fingerprint density at radius 3 is 2.73 bits per heavy atom. The molecular weight excluding hydrogens is 336 g/mol. The molecular formula is C19H22N2O5. The number of nitrogens with zero attached hydrogens (tertiary/aromatic N) is 1. The van der Waals surface area contributed by atoms with Gasteiger partial charge in [-0.2, -0.15) is 0 Å². The predicted molar refractivity (Wildman–Crippen MR) is 98.7 cm³/mol. The zero-order chi connectivity index (χ0) is 18.9. The van der Waals surface area contributed by atoms with Gasteiger partial charge in [-0.05, 0) is 31.5 Å². The van der Waals surface area contributed by atoms with Crippen LogP contribution in [0.1, 0.15) is 26.7 Å². The van der Waals surface area contributed by atoms with Crippen LogP contribution in [-0.4, -0.2) is 23.5 Å². The van der Waals surface area contributed by atoms with Crippen LogP contribution in [0.3, 0.4) is 0 Å². The number of rotatable bonds is 9. The number of anilines is 1. The van der Waals surface area contributed by atoms with E-state index in [-0.39, 0.29) is 11.4 Å². The van der Waals surface area contributed by atoms with Crippen LogP contribution in [0, 0.1) is 10.1 Å². The van der Waals surface area contributed by atoms with Gasteiger partial charge in [0.1, 0.15) is 5.75 Å². The molecule has 0 fully saturated rings. The van der Waals surface area contributed by atoms with Crippen molar-refractivity contribution in [3.8, 4) is 11.5 Å². The standard InChI is InChI=1S/C19H22N2O5/c1-3-4-12-25-16-9-7-8-15(13-16)20-19(22)14(2)26-18-11-6-5-10-17(18)21(23)24/h5-11,13-14H,3-4,12H2,1-2H3,(H,20,22). The van der Waals surface area contributed by atoms with E-state index in [0.717, 1.165) is 12.8 Å². The predicted octanol–water partition coefficient (Wildman–Crippen LogP) is 4.18. The van der Waals surface area contributed by atoms with Crippen LogP contribution in [0.15, 0.2) is 48.5 Å². The summed E-state index contributed by atoms with van der Waals surface area (Å²) in [5, 5.41) is 13.7. The molecule has 0 radical (unpaired) electrons. The molecule has 0 bridgehead atoms. The molecule has 0 aliphatic heterocycles. The fraction of sp³-hybridized carbons (Fsp3) is 0.316. The molecule has 0 heterocycles. The third kappa shape index (κ3) is 5.47. The number of nitro benzene ring substituents is 1. The number of carbonyl (C=O) groups is 1. The van der Waals surface area contributed by atoms with Crippen molar-refractivity contribution in [3.63, 3.8) is 0 Å². The van der Waals surface area contributed by atoms with Crippen molar-refractivity contribution in [2.45, 2.75) is 32.8 Å². The largest absolute Gasteiger partial charge is 0.494 e. The molecule has 0 spiro atoms. The topological polar surface area (TPSA) is 90.7 Å². The van der Waals surface area contributed by atoms with E-state index in [9.17, 15) is 14.9 Å². The van der Waals surface area contributed by atoms with E-state index >= 15 is 0 Å². The molecule has 0 aliphatic carbocycles. The van der Waals surface area contributed by atoms with Gasteiger partial charge in [0.05, 0.1) is 11.5 Å². The Balaban J connectivity index is 1.99. The first kappa shape index (κ1) is 19.2. The molecule has 1 atom stereocenters. The summed E-state index contributed by atoms with van der Waals surface area (Å²) in [5.41, 5.74) is 0.389. The number of nitro groups is 1. The van der Waals surface area contributed by atoms with Gasteiger partial charge in [-0.1, -0.05) is 31.5 Å². The molecule has 1 unspecified atom stereocenters. The van der Waals surface area contributed by atoms with E-state index in [1.165, 1.54) is 19.1 Å². The summed E-state index contributed by atoms with van der Waals surface area (Å²) in [7, 11) is 0. The fourth-order valence-corrected chi connectivity index (χ4v) is 2.19. The summed E-state index contributed by atoms with van der Waals surface area (Å²) in [4.78, 5) is 22.8. The summed E-state index contributed by atoms with van der Waals surface area (Å²) in [6.07, 6.45) is 1.09. The van der Waals surface area contributed by atoms with E-state index in [1.54, 1.807) is 30.3 Å². The van der Waals surface area contributed by atoms with Crippen LogP contribution in [0.2, 0.25) is 0 Å². The molecule has 26 heavy (non-hydrogen) atoms. The fourth-order valence-electron chi connectivity index (χ4n) is 2.19. The first-order valence-corrected chi connectivity index (χ1v) is 8.45. The Labute approximate surface area is 152 Å². The number of hydrogen-bond acceptors (Lipinski definition) is 5. The molecule has 0 saturated heterocycles. The SMILES string of the molecule is CCCCOc1cccc(NC(=O)C(C)Oc2ccccc2[N+](=O)[O-])c1. The third-order valence-electron chi connectivity index (χ3n) is 3.60. The van der Waals surface area contributed by atoms with Crippen molar-refractivity contribution in [1.82, 2.24) is 0 Å². The quantitative estimate of drug-likeness (QED) is 0.412. The summed E-state index contributed by atoms with van der Waals surface area (Å²) in [6, 6.07) is 13.0. The van der Waals surface area contributed by atoms with Crippen LogP contribution in [0.25, 0.3) is 0 Å². The van der Waals surface area contributed by atoms with Crippen molar-refractivity contribution < 1.29 is 19.2 Å². The minimum absolute atomic E-state index is 0.0526. The number of ether oxygens (including phenoxy) is 2. The van der Waals surface area contributed by atoms with Crippen molar-refractivity contribution in [2.75, 3.05) is 11.9 Å². The van der Waals surface area contributed by atoms with E-state index < -0.39 is 16.9 Å². The number of nitrogens with one attached hydrogen (secondary N) is 1. The molecule has 1 amide bonds. The Morgan fingerprint density at radius 1 is 1.23 bits per heavy atom. The van der Waals surface area contributed by atoms with Gasteiger partial charge in [0.15, 0.2) is 11.9 Å². The van der Waals surface area contributed by atoms with Crippen molar-refractivity contribution in [2.24, 2.45) is 0 Å². The first-order chi connectivity index (χ1) is 12.5. The lowest BCUT2D eigenvalue weighted by Crippen LogP contribution is -2.30. The normalized spacial score (nSPS) is 11.5. The lowest BCUT2D eigenvalue weighted by atomic mass is 10.2. The van der Waals surface area contributed by atoms with Crippen molar-refractivity contribution >= 4 is 17.3 Å². The van der Waals surface area contributed by atoms with Gasteiger partial charge in [-0.25, -0.2) is 0 Å². The zero-order valence-electron chi connectivity index (χ0n) is 14.8. The minimum atomic E-state index is -0.902. The second-order valence-corrected chi connectivity index (χ2v) is 5.70. The monoisotopic (exact) mass is 358 g/mol.